The SMILES string of the molecule is Cc1ccc([C@H](C)NC(C)Cc2ccccc2F)cc1. The molecular weight excluding hydrogens is 249 g/mol. The van der Waals surface area contributed by atoms with E-state index in [4.69, 9.17) is 0 Å². The Morgan fingerprint density at radius 2 is 1.65 bits per heavy atom. The van der Waals surface area contributed by atoms with Gasteiger partial charge in [0.05, 0.1) is 0 Å². The highest BCUT2D eigenvalue weighted by Crippen LogP contribution is 2.15. The van der Waals surface area contributed by atoms with Crippen LogP contribution in [-0.4, -0.2) is 6.04 Å². The lowest BCUT2D eigenvalue weighted by Gasteiger charge is -2.21. The Balaban J connectivity index is 1.96. The molecule has 2 aromatic carbocycles. The number of benzene rings is 2. The van der Waals surface area contributed by atoms with Gasteiger partial charge in [0.1, 0.15) is 5.82 Å². The second kappa shape index (κ2) is 6.67. The molecule has 20 heavy (non-hydrogen) atoms. The lowest BCUT2D eigenvalue weighted by molar-refractivity contribution is 0.469. The van der Waals surface area contributed by atoms with E-state index >= 15 is 0 Å². The van der Waals surface area contributed by atoms with Crippen molar-refractivity contribution in [3.8, 4) is 0 Å². The number of hydrogen-bond acceptors (Lipinski definition) is 1. The molecule has 0 aliphatic rings. The van der Waals surface area contributed by atoms with Crippen molar-refractivity contribution >= 4 is 0 Å². The molecule has 0 bridgehead atoms. The first-order valence-corrected chi connectivity index (χ1v) is 7.12. The third-order valence-electron chi connectivity index (χ3n) is 3.60. The van der Waals surface area contributed by atoms with Gasteiger partial charge < -0.3 is 5.32 Å². The number of rotatable bonds is 5. The van der Waals surface area contributed by atoms with Gasteiger partial charge in [-0.1, -0.05) is 48.0 Å². The van der Waals surface area contributed by atoms with Crippen molar-refractivity contribution in [3.05, 3.63) is 71.0 Å². The summed E-state index contributed by atoms with van der Waals surface area (Å²) in [6.45, 7) is 6.32. The fraction of sp³-hybridized carbons (Fsp3) is 0.333. The van der Waals surface area contributed by atoms with Gasteiger partial charge in [0.2, 0.25) is 0 Å². The Morgan fingerprint density at radius 3 is 2.30 bits per heavy atom. The highest BCUT2D eigenvalue weighted by molar-refractivity contribution is 5.24. The lowest BCUT2D eigenvalue weighted by atomic mass is 10.0. The summed E-state index contributed by atoms with van der Waals surface area (Å²) in [4.78, 5) is 0. The second-order valence-electron chi connectivity index (χ2n) is 5.50. The molecule has 1 nitrogen and oxygen atoms in total. The van der Waals surface area contributed by atoms with Crippen molar-refractivity contribution in [3.63, 3.8) is 0 Å². The summed E-state index contributed by atoms with van der Waals surface area (Å²) >= 11 is 0. The van der Waals surface area contributed by atoms with Crippen molar-refractivity contribution < 1.29 is 4.39 Å². The molecule has 0 radical (unpaired) electrons. The third-order valence-corrected chi connectivity index (χ3v) is 3.60. The molecule has 106 valence electrons. The van der Waals surface area contributed by atoms with Crippen LogP contribution in [0.3, 0.4) is 0 Å². The summed E-state index contributed by atoms with van der Waals surface area (Å²) in [5.74, 6) is -0.121. The molecule has 0 aromatic heterocycles. The first-order chi connectivity index (χ1) is 9.56. The van der Waals surface area contributed by atoms with Crippen molar-refractivity contribution in [1.29, 1.82) is 0 Å². The molecule has 0 spiro atoms. The third kappa shape index (κ3) is 3.91. The van der Waals surface area contributed by atoms with Crippen molar-refractivity contribution in [2.24, 2.45) is 0 Å². The van der Waals surface area contributed by atoms with E-state index < -0.39 is 0 Å². The van der Waals surface area contributed by atoms with Crippen LogP contribution in [0.25, 0.3) is 0 Å². The van der Waals surface area contributed by atoms with Crippen molar-refractivity contribution in [2.75, 3.05) is 0 Å². The minimum Gasteiger partial charge on any atom is -0.307 e. The molecular formula is C18H22FN. The Kier molecular flexibility index (Phi) is 4.91. The molecule has 0 aliphatic carbocycles. The van der Waals surface area contributed by atoms with E-state index in [0.717, 1.165) is 5.56 Å². The van der Waals surface area contributed by atoms with Crippen LogP contribution in [0.1, 0.15) is 36.6 Å². The zero-order chi connectivity index (χ0) is 14.5. The maximum absolute atomic E-state index is 13.6. The van der Waals surface area contributed by atoms with Gasteiger partial charge in [0.25, 0.3) is 0 Å². The van der Waals surface area contributed by atoms with E-state index in [-0.39, 0.29) is 17.9 Å². The highest BCUT2D eigenvalue weighted by Gasteiger charge is 2.11. The Morgan fingerprint density at radius 1 is 1.00 bits per heavy atom. The number of halogens is 1. The maximum atomic E-state index is 13.6. The van der Waals surface area contributed by atoms with Crippen LogP contribution in [0.5, 0.6) is 0 Å². The van der Waals surface area contributed by atoms with Crippen LogP contribution in [0.4, 0.5) is 4.39 Å². The molecule has 2 heteroatoms. The quantitative estimate of drug-likeness (QED) is 0.849. The van der Waals surface area contributed by atoms with Crippen molar-refractivity contribution in [1.82, 2.24) is 5.32 Å². The largest absolute Gasteiger partial charge is 0.307 e. The van der Waals surface area contributed by atoms with Gasteiger partial charge in [-0.15, -0.1) is 0 Å². The van der Waals surface area contributed by atoms with E-state index in [0.29, 0.717) is 6.42 Å². The lowest BCUT2D eigenvalue weighted by Crippen LogP contribution is -2.31. The van der Waals surface area contributed by atoms with Crippen molar-refractivity contribution in [2.45, 2.75) is 39.3 Å². The summed E-state index contributed by atoms with van der Waals surface area (Å²) in [6.07, 6.45) is 0.697. The summed E-state index contributed by atoms with van der Waals surface area (Å²) in [5.41, 5.74) is 3.29. The van der Waals surface area contributed by atoms with Gasteiger partial charge in [-0.25, -0.2) is 4.39 Å². The van der Waals surface area contributed by atoms with Gasteiger partial charge >= 0.3 is 0 Å². The second-order valence-corrected chi connectivity index (χ2v) is 5.50. The predicted octanol–water partition coefficient (Wildman–Crippen LogP) is 4.42. The van der Waals surface area contributed by atoms with E-state index in [9.17, 15) is 4.39 Å². The summed E-state index contributed by atoms with van der Waals surface area (Å²) < 4.78 is 13.6. The van der Waals surface area contributed by atoms with Gasteiger partial charge in [-0.2, -0.15) is 0 Å². The molecule has 2 aromatic rings. The zero-order valence-corrected chi connectivity index (χ0v) is 12.4. The Bertz CT molecular complexity index is 548. The topological polar surface area (TPSA) is 12.0 Å². The maximum Gasteiger partial charge on any atom is 0.126 e. The van der Waals surface area contributed by atoms with Gasteiger partial charge in [-0.3, -0.25) is 0 Å². The molecule has 2 atom stereocenters. The highest BCUT2D eigenvalue weighted by atomic mass is 19.1. The fourth-order valence-electron chi connectivity index (χ4n) is 2.43. The molecule has 1 unspecified atom stereocenters. The Labute approximate surface area is 120 Å². The standard InChI is InChI=1S/C18H22FN/c1-13-8-10-16(11-9-13)15(3)20-14(2)12-17-6-4-5-7-18(17)19/h4-11,14-15,20H,12H2,1-3H3/t14?,15-/m0/s1. The van der Waals surface area contributed by atoms with Gasteiger partial charge in [0.15, 0.2) is 0 Å². The smallest absolute Gasteiger partial charge is 0.126 e. The molecule has 0 saturated heterocycles. The van der Waals surface area contributed by atoms with E-state index in [2.05, 4.69) is 50.4 Å². The number of nitrogens with one attached hydrogen (secondary N) is 1. The van der Waals surface area contributed by atoms with E-state index in [1.165, 1.54) is 17.2 Å². The first kappa shape index (κ1) is 14.7. The monoisotopic (exact) mass is 271 g/mol. The summed E-state index contributed by atoms with van der Waals surface area (Å²) in [5, 5.41) is 3.52. The molecule has 0 heterocycles. The minimum atomic E-state index is -0.121. The fourth-order valence-corrected chi connectivity index (χ4v) is 2.43. The number of hydrogen-bond donors (Lipinski definition) is 1. The average molecular weight is 271 g/mol. The first-order valence-electron chi connectivity index (χ1n) is 7.12. The normalized spacial score (nSPS) is 14.0. The summed E-state index contributed by atoms with van der Waals surface area (Å²) in [7, 11) is 0. The van der Waals surface area contributed by atoms with Crippen LogP contribution < -0.4 is 5.32 Å². The van der Waals surface area contributed by atoms with Crippen LogP contribution in [0.15, 0.2) is 48.5 Å². The average Bonchev–Trinajstić information content (AvgIpc) is 2.42. The molecule has 2 rings (SSSR count). The molecule has 0 saturated carbocycles. The van der Waals surface area contributed by atoms with Gasteiger partial charge in [-0.05, 0) is 44.4 Å². The van der Waals surface area contributed by atoms with Crippen LogP contribution in [0, 0.1) is 12.7 Å². The number of aryl methyl sites for hydroxylation is 1. The Hall–Kier alpha value is -1.67. The van der Waals surface area contributed by atoms with E-state index in [1.807, 2.05) is 12.1 Å². The van der Waals surface area contributed by atoms with E-state index in [1.54, 1.807) is 6.07 Å². The molecule has 1 N–H and O–H groups in total. The molecule has 0 fully saturated rings. The minimum absolute atomic E-state index is 0.121. The van der Waals surface area contributed by atoms with Crippen LogP contribution in [0.2, 0.25) is 0 Å². The predicted molar refractivity (Wildman–Crippen MR) is 82.3 cm³/mol. The van der Waals surface area contributed by atoms with Gasteiger partial charge in [0, 0.05) is 12.1 Å². The molecule has 0 aliphatic heterocycles. The van der Waals surface area contributed by atoms with Crippen LogP contribution in [-0.2, 0) is 6.42 Å². The summed E-state index contributed by atoms with van der Waals surface area (Å²) in [6, 6.07) is 16.0. The molecule has 0 amide bonds. The van der Waals surface area contributed by atoms with Crippen LogP contribution >= 0.6 is 0 Å². The zero-order valence-electron chi connectivity index (χ0n) is 12.4.